The summed E-state index contributed by atoms with van der Waals surface area (Å²) in [7, 11) is 3.09. The van der Waals surface area contributed by atoms with Crippen molar-refractivity contribution in [3.8, 4) is 5.75 Å². The number of amides is 2. The highest BCUT2D eigenvalue weighted by Gasteiger charge is 2.16. The van der Waals surface area contributed by atoms with E-state index in [0.29, 0.717) is 16.8 Å². The minimum atomic E-state index is -0.488. The van der Waals surface area contributed by atoms with E-state index in [1.807, 2.05) is 43.3 Å². The lowest BCUT2D eigenvalue weighted by Gasteiger charge is -2.24. The first-order valence-corrected chi connectivity index (χ1v) is 10.1. The van der Waals surface area contributed by atoms with Crippen LogP contribution in [0.1, 0.15) is 34.5 Å². The molecule has 0 spiro atoms. The van der Waals surface area contributed by atoms with Crippen LogP contribution in [0.5, 0.6) is 5.75 Å². The summed E-state index contributed by atoms with van der Waals surface area (Å²) in [6, 6.07) is 20.6. The van der Waals surface area contributed by atoms with Gasteiger partial charge in [0.05, 0.1) is 13.2 Å². The molecule has 5 nitrogen and oxygen atoms in total. The number of methoxy groups -OCH3 is 1. The number of hydrogen-bond donors (Lipinski definition) is 1. The molecule has 2 amide bonds. The maximum atomic E-state index is 13.8. The Hall–Kier alpha value is -3.93. The number of nitrogens with zero attached hydrogens (tertiary/aromatic N) is 1. The minimum absolute atomic E-state index is 0.151. The molecule has 0 heterocycles. The van der Waals surface area contributed by atoms with Gasteiger partial charge in [0.2, 0.25) is 5.91 Å². The molecule has 1 unspecified atom stereocenters. The molecule has 0 saturated heterocycles. The Bertz CT molecular complexity index is 1130. The normalized spacial score (nSPS) is 11.8. The number of ether oxygens (including phenoxy) is 1. The molecule has 164 valence electrons. The van der Waals surface area contributed by atoms with Crippen molar-refractivity contribution in [3.05, 3.63) is 101 Å². The fraction of sp³-hybridized carbons (Fsp3) is 0.154. The lowest BCUT2D eigenvalue weighted by Crippen LogP contribution is -2.28. The van der Waals surface area contributed by atoms with Crippen LogP contribution in [0.15, 0.2) is 78.9 Å². The number of likely N-dealkylation sites (N-methyl/N-ethyl adjacent to an activating group) is 1. The van der Waals surface area contributed by atoms with Crippen molar-refractivity contribution in [1.82, 2.24) is 4.90 Å². The predicted octanol–water partition coefficient (Wildman–Crippen LogP) is 5.32. The molecule has 32 heavy (non-hydrogen) atoms. The SMILES string of the molecule is COc1ccc(/C=C/C(=O)N(C)C(C)c2cccc(NC(=O)c3ccccc3)c2)cc1F. The van der Waals surface area contributed by atoms with Gasteiger partial charge in [-0.15, -0.1) is 0 Å². The van der Waals surface area contributed by atoms with Crippen LogP contribution in [-0.2, 0) is 4.79 Å². The fourth-order valence-electron chi connectivity index (χ4n) is 3.15. The van der Waals surface area contributed by atoms with E-state index in [0.717, 1.165) is 5.56 Å². The standard InChI is InChI=1S/C26H25FN2O3/c1-18(29(2)25(30)15-13-19-12-14-24(32-3)23(27)16-19)21-10-7-11-22(17-21)28-26(31)20-8-5-4-6-9-20/h4-18H,1-3H3,(H,28,31)/b15-13+. The zero-order valence-electron chi connectivity index (χ0n) is 18.2. The monoisotopic (exact) mass is 432 g/mol. The third kappa shape index (κ3) is 5.60. The molecular formula is C26H25FN2O3. The summed E-state index contributed by atoms with van der Waals surface area (Å²) in [4.78, 5) is 26.6. The van der Waals surface area contributed by atoms with Crippen molar-refractivity contribution in [2.75, 3.05) is 19.5 Å². The van der Waals surface area contributed by atoms with Crippen LogP contribution in [0.4, 0.5) is 10.1 Å². The molecule has 0 radical (unpaired) electrons. The third-order valence-corrected chi connectivity index (χ3v) is 5.19. The Kier molecular flexibility index (Phi) is 7.39. The first-order valence-electron chi connectivity index (χ1n) is 10.1. The van der Waals surface area contributed by atoms with Crippen molar-refractivity contribution in [3.63, 3.8) is 0 Å². The number of rotatable bonds is 7. The lowest BCUT2D eigenvalue weighted by molar-refractivity contribution is -0.126. The highest BCUT2D eigenvalue weighted by atomic mass is 19.1. The van der Waals surface area contributed by atoms with Gasteiger partial charge in [-0.2, -0.15) is 0 Å². The van der Waals surface area contributed by atoms with E-state index < -0.39 is 5.82 Å². The van der Waals surface area contributed by atoms with Crippen LogP contribution in [0.25, 0.3) is 6.08 Å². The summed E-state index contributed by atoms with van der Waals surface area (Å²) in [5.41, 5.74) is 2.64. The van der Waals surface area contributed by atoms with E-state index in [4.69, 9.17) is 4.74 Å². The Balaban J connectivity index is 1.67. The molecule has 0 fully saturated rings. The van der Waals surface area contributed by atoms with Crippen molar-refractivity contribution < 1.29 is 18.7 Å². The zero-order chi connectivity index (χ0) is 23.1. The summed E-state index contributed by atoms with van der Waals surface area (Å²) in [5.74, 6) is -0.765. The first-order chi connectivity index (χ1) is 15.4. The maximum Gasteiger partial charge on any atom is 0.255 e. The largest absolute Gasteiger partial charge is 0.494 e. The Morgan fingerprint density at radius 1 is 1.03 bits per heavy atom. The molecule has 1 N–H and O–H groups in total. The molecule has 1 atom stereocenters. The predicted molar refractivity (Wildman–Crippen MR) is 124 cm³/mol. The van der Waals surface area contributed by atoms with Crippen molar-refractivity contribution >= 4 is 23.6 Å². The van der Waals surface area contributed by atoms with Crippen LogP contribution in [-0.4, -0.2) is 30.9 Å². The topological polar surface area (TPSA) is 58.6 Å². The Labute approximate surface area is 187 Å². The summed E-state index contributed by atoms with van der Waals surface area (Å²) >= 11 is 0. The van der Waals surface area contributed by atoms with Crippen LogP contribution in [0.3, 0.4) is 0 Å². The van der Waals surface area contributed by atoms with Gasteiger partial charge in [-0.1, -0.05) is 36.4 Å². The van der Waals surface area contributed by atoms with Gasteiger partial charge in [0, 0.05) is 24.4 Å². The van der Waals surface area contributed by atoms with Crippen LogP contribution >= 0.6 is 0 Å². The smallest absolute Gasteiger partial charge is 0.255 e. The second-order valence-corrected chi connectivity index (χ2v) is 7.30. The van der Waals surface area contributed by atoms with Gasteiger partial charge in [-0.05, 0) is 60.5 Å². The maximum absolute atomic E-state index is 13.8. The van der Waals surface area contributed by atoms with E-state index in [1.165, 1.54) is 25.3 Å². The number of carbonyl (C=O) groups excluding carboxylic acids is 2. The van der Waals surface area contributed by atoms with E-state index in [-0.39, 0.29) is 23.6 Å². The third-order valence-electron chi connectivity index (χ3n) is 5.19. The number of anilines is 1. The van der Waals surface area contributed by atoms with Crippen molar-refractivity contribution in [2.45, 2.75) is 13.0 Å². The molecule has 0 aliphatic heterocycles. The molecule has 0 bridgehead atoms. The van der Waals surface area contributed by atoms with E-state index in [1.54, 1.807) is 42.3 Å². The number of nitrogens with one attached hydrogen (secondary N) is 1. The van der Waals surface area contributed by atoms with Crippen LogP contribution < -0.4 is 10.1 Å². The van der Waals surface area contributed by atoms with Gasteiger partial charge < -0.3 is 15.0 Å². The molecule has 0 aliphatic rings. The molecule has 3 aromatic carbocycles. The Morgan fingerprint density at radius 3 is 2.47 bits per heavy atom. The van der Waals surface area contributed by atoms with E-state index in [9.17, 15) is 14.0 Å². The lowest BCUT2D eigenvalue weighted by atomic mass is 10.1. The second-order valence-electron chi connectivity index (χ2n) is 7.30. The van der Waals surface area contributed by atoms with Crippen LogP contribution in [0, 0.1) is 5.82 Å². The highest BCUT2D eigenvalue weighted by Crippen LogP contribution is 2.23. The zero-order valence-corrected chi connectivity index (χ0v) is 18.2. The molecular weight excluding hydrogens is 407 g/mol. The fourth-order valence-corrected chi connectivity index (χ4v) is 3.15. The second kappa shape index (κ2) is 10.4. The van der Waals surface area contributed by atoms with Crippen LogP contribution in [0.2, 0.25) is 0 Å². The van der Waals surface area contributed by atoms with Gasteiger partial charge in [0.15, 0.2) is 11.6 Å². The minimum Gasteiger partial charge on any atom is -0.494 e. The molecule has 3 rings (SSSR count). The van der Waals surface area contributed by atoms with Gasteiger partial charge in [-0.25, -0.2) is 4.39 Å². The molecule has 6 heteroatoms. The van der Waals surface area contributed by atoms with E-state index >= 15 is 0 Å². The molecule has 0 saturated carbocycles. The van der Waals surface area contributed by atoms with Gasteiger partial charge in [0.25, 0.3) is 5.91 Å². The Morgan fingerprint density at radius 2 is 1.78 bits per heavy atom. The average Bonchev–Trinajstić information content (AvgIpc) is 2.82. The molecule has 0 aromatic heterocycles. The number of halogens is 1. The summed E-state index contributed by atoms with van der Waals surface area (Å²) in [6.07, 6.45) is 2.96. The molecule has 0 aliphatic carbocycles. The van der Waals surface area contributed by atoms with Crippen molar-refractivity contribution in [2.24, 2.45) is 0 Å². The summed E-state index contributed by atoms with van der Waals surface area (Å²) < 4.78 is 18.7. The van der Waals surface area contributed by atoms with Gasteiger partial charge in [-0.3, -0.25) is 9.59 Å². The van der Waals surface area contributed by atoms with Gasteiger partial charge >= 0.3 is 0 Å². The summed E-state index contributed by atoms with van der Waals surface area (Å²) in [5, 5.41) is 2.88. The number of hydrogen-bond acceptors (Lipinski definition) is 3. The average molecular weight is 432 g/mol. The molecule has 3 aromatic rings. The van der Waals surface area contributed by atoms with E-state index in [2.05, 4.69) is 5.32 Å². The first kappa shape index (κ1) is 22.7. The highest BCUT2D eigenvalue weighted by molar-refractivity contribution is 6.04. The van der Waals surface area contributed by atoms with Gasteiger partial charge in [0.1, 0.15) is 0 Å². The number of benzene rings is 3. The van der Waals surface area contributed by atoms with Crippen molar-refractivity contribution in [1.29, 1.82) is 0 Å². The summed E-state index contributed by atoms with van der Waals surface area (Å²) in [6.45, 7) is 1.90. The number of carbonyl (C=O) groups is 2. The quantitative estimate of drug-likeness (QED) is 0.514.